The lowest BCUT2D eigenvalue weighted by atomic mass is 10.1. The largest absolute Gasteiger partial charge is 0.506 e. The van der Waals surface area contributed by atoms with Gasteiger partial charge in [-0.15, -0.1) is 0 Å². The molecular weight excluding hydrogens is 359 g/mol. The van der Waals surface area contributed by atoms with Gasteiger partial charge in [-0.3, -0.25) is 4.79 Å². The summed E-state index contributed by atoms with van der Waals surface area (Å²) in [6.07, 6.45) is 2.85. The molecule has 1 amide bonds. The molecule has 4 nitrogen and oxygen atoms in total. The highest BCUT2D eigenvalue weighted by Crippen LogP contribution is 2.32. The molecule has 0 unspecified atom stereocenters. The van der Waals surface area contributed by atoms with Crippen LogP contribution in [0.4, 0.5) is 0 Å². The Morgan fingerprint density at radius 2 is 1.96 bits per heavy atom. The van der Waals surface area contributed by atoms with Crippen molar-refractivity contribution in [2.45, 2.75) is 12.8 Å². The highest BCUT2D eigenvalue weighted by Gasteiger charge is 2.12. The van der Waals surface area contributed by atoms with Crippen LogP contribution in [-0.2, 0) is 11.2 Å². The van der Waals surface area contributed by atoms with Crippen molar-refractivity contribution in [2.24, 2.45) is 0 Å². The lowest BCUT2D eigenvalue weighted by molar-refractivity contribution is -0.117. The van der Waals surface area contributed by atoms with Gasteiger partial charge in [0.2, 0.25) is 0 Å². The number of nitrogens with zero attached hydrogens (tertiary/aromatic N) is 1. The molecule has 0 aliphatic rings. The molecular formula is C19H16Cl2N2O2. The molecule has 0 bridgehead atoms. The summed E-state index contributed by atoms with van der Waals surface area (Å²) in [4.78, 5) is 12.1. The summed E-state index contributed by atoms with van der Waals surface area (Å²) in [6.45, 7) is 0.440. The number of nitrogens with one attached hydrogen (secondary N) is 1. The highest BCUT2D eigenvalue weighted by molar-refractivity contribution is 6.35. The average Bonchev–Trinajstić information content (AvgIpc) is 2.61. The Labute approximate surface area is 156 Å². The molecule has 6 heteroatoms. The zero-order chi connectivity index (χ0) is 18.2. The van der Waals surface area contributed by atoms with Gasteiger partial charge in [0.05, 0.1) is 5.02 Å². The van der Waals surface area contributed by atoms with E-state index in [0.717, 1.165) is 12.8 Å². The molecule has 0 radical (unpaired) electrons. The third-order valence-electron chi connectivity index (χ3n) is 3.49. The third kappa shape index (κ3) is 5.53. The molecule has 128 valence electrons. The van der Waals surface area contributed by atoms with E-state index in [-0.39, 0.29) is 21.9 Å². The fourth-order valence-electron chi connectivity index (χ4n) is 2.23. The van der Waals surface area contributed by atoms with E-state index >= 15 is 0 Å². The second-order valence-corrected chi connectivity index (χ2v) is 6.18. The van der Waals surface area contributed by atoms with Gasteiger partial charge in [-0.2, -0.15) is 5.26 Å². The van der Waals surface area contributed by atoms with Crippen LogP contribution in [0, 0.1) is 11.3 Å². The Balaban J connectivity index is 1.98. The maximum atomic E-state index is 12.1. The molecule has 25 heavy (non-hydrogen) atoms. The van der Waals surface area contributed by atoms with Crippen molar-refractivity contribution < 1.29 is 9.90 Å². The molecule has 0 fully saturated rings. The fraction of sp³-hybridized carbons (Fsp3) is 0.158. The van der Waals surface area contributed by atoms with Gasteiger partial charge in [-0.05, 0) is 36.6 Å². The van der Waals surface area contributed by atoms with E-state index < -0.39 is 5.91 Å². The zero-order valence-corrected chi connectivity index (χ0v) is 14.8. The number of aromatic hydroxyl groups is 1. The molecule has 0 aromatic heterocycles. The SMILES string of the molecule is N#C/C(=C/c1cc(Cl)cc(Cl)c1O)C(=O)NCCCc1ccccc1. The molecule has 2 rings (SSSR count). The van der Waals surface area contributed by atoms with Crippen molar-refractivity contribution in [2.75, 3.05) is 6.54 Å². The number of carbonyl (C=O) groups is 1. The first-order valence-corrected chi connectivity index (χ1v) is 8.39. The first kappa shape index (κ1) is 18.9. The summed E-state index contributed by atoms with van der Waals surface area (Å²) < 4.78 is 0. The van der Waals surface area contributed by atoms with Crippen molar-refractivity contribution in [1.29, 1.82) is 5.26 Å². The zero-order valence-electron chi connectivity index (χ0n) is 13.3. The number of rotatable bonds is 6. The van der Waals surface area contributed by atoms with Gasteiger partial charge < -0.3 is 10.4 Å². The fourth-order valence-corrected chi connectivity index (χ4v) is 2.74. The van der Waals surface area contributed by atoms with Crippen LogP contribution < -0.4 is 5.32 Å². The van der Waals surface area contributed by atoms with Crippen LogP contribution in [0.3, 0.4) is 0 Å². The number of nitriles is 1. The number of hydrogen-bond acceptors (Lipinski definition) is 3. The summed E-state index contributed by atoms with van der Waals surface area (Å²) in [7, 11) is 0. The Hall–Kier alpha value is -2.48. The summed E-state index contributed by atoms with van der Waals surface area (Å²) in [5.41, 5.74) is 1.27. The van der Waals surface area contributed by atoms with Gasteiger partial charge in [0.25, 0.3) is 5.91 Å². The molecule has 0 spiro atoms. The molecule has 0 saturated heterocycles. The Kier molecular flexibility index (Phi) is 6.88. The number of amides is 1. The van der Waals surface area contributed by atoms with Crippen LogP contribution >= 0.6 is 23.2 Å². The molecule has 2 N–H and O–H groups in total. The first-order chi connectivity index (χ1) is 12.0. The molecule has 2 aromatic rings. The minimum atomic E-state index is -0.508. The number of phenols is 1. The summed E-state index contributed by atoms with van der Waals surface area (Å²) in [5.74, 6) is -0.734. The van der Waals surface area contributed by atoms with Crippen LogP contribution in [0.5, 0.6) is 5.75 Å². The third-order valence-corrected chi connectivity index (χ3v) is 4.00. The number of halogens is 2. The monoisotopic (exact) mass is 374 g/mol. The van der Waals surface area contributed by atoms with Crippen molar-refractivity contribution >= 4 is 35.2 Å². The van der Waals surface area contributed by atoms with Crippen LogP contribution in [0.15, 0.2) is 48.0 Å². The summed E-state index contributed by atoms with van der Waals surface area (Å²) in [5, 5.41) is 22.2. The van der Waals surface area contributed by atoms with Crippen molar-refractivity contribution in [3.8, 4) is 11.8 Å². The number of aryl methyl sites for hydroxylation is 1. The normalized spacial score (nSPS) is 11.0. The van der Waals surface area contributed by atoms with Crippen molar-refractivity contribution in [1.82, 2.24) is 5.32 Å². The van der Waals surface area contributed by atoms with Gasteiger partial charge in [-0.25, -0.2) is 0 Å². The predicted octanol–water partition coefficient (Wildman–Crippen LogP) is 4.35. The Morgan fingerprint density at radius 1 is 1.24 bits per heavy atom. The van der Waals surface area contributed by atoms with E-state index in [0.29, 0.717) is 11.6 Å². The van der Waals surface area contributed by atoms with Crippen molar-refractivity contribution in [3.63, 3.8) is 0 Å². The Morgan fingerprint density at radius 3 is 2.64 bits per heavy atom. The van der Waals surface area contributed by atoms with Gasteiger partial charge in [0, 0.05) is 17.1 Å². The van der Waals surface area contributed by atoms with Gasteiger partial charge in [0.1, 0.15) is 17.4 Å². The second-order valence-electron chi connectivity index (χ2n) is 5.34. The van der Waals surface area contributed by atoms with E-state index in [1.807, 2.05) is 36.4 Å². The minimum Gasteiger partial charge on any atom is -0.506 e. The number of carbonyl (C=O) groups excluding carboxylic acids is 1. The van der Waals surface area contributed by atoms with Crippen LogP contribution in [0.1, 0.15) is 17.5 Å². The van der Waals surface area contributed by atoms with Crippen LogP contribution in [-0.4, -0.2) is 17.6 Å². The van der Waals surface area contributed by atoms with Crippen molar-refractivity contribution in [3.05, 3.63) is 69.2 Å². The minimum absolute atomic E-state index is 0.0549. The summed E-state index contributed by atoms with van der Waals surface area (Å²) in [6, 6.07) is 14.6. The lowest BCUT2D eigenvalue weighted by Crippen LogP contribution is -2.25. The highest BCUT2D eigenvalue weighted by atomic mass is 35.5. The number of phenolic OH excluding ortho intramolecular Hbond substituents is 1. The quantitative estimate of drug-likeness (QED) is 0.448. The van der Waals surface area contributed by atoms with E-state index in [1.54, 1.807) is 0 Å². The predicted molar refractivity (Wildman–Crippen MR) is 99.5 cm³/mol. The molecule has 0 atom stereocenters. The van der Waals surface area contributed by atoms with Crippen LogP contribution in [0.25, 0.3) is 6.08 Å². The smallest absolute Gasteiger partial charge is 0.261 e. The Bertz CT molecular complexity index is 827. The van der Waals surface area contributed by atoms with Crippen LogP contribution in [0.2, 0.25) is 10.0 Å². The van der Waals surface area contributed by atoms with Gasteiger partial charge in [0.15, 0.2) is 0 Å². The van der Waals surface area contributed by atoms with Gasteiger partial charge >= 0.3 is 0 Å². The molecule has 2 aromatic carbocycles. The second kappa shape index (κ2) is 9.12. The van der Waals surface area contributed by atoms with E-state index in [9.17, 15) is 15.2 Å². The number of hydrogen-bond donors (Lipinski definition) is 2. The number of benzene rings is 2. The molecule has 0 aliphatic carbocycles. The standard InChI is InChI=1S/C19H16Cl2N2O2/c20-16-10-14(18(24)17(21)11-16)9-15(12-22)19(25)23-8-4-7-13-5-2-1-3-6-13/h1-3,5-6,9-11,24H,4,7-8H2,(H,23,25)/b15-9-. The molecule has 0 heterocycles. The molecule has 0 saturated carbocycles. The maximum absolute atomic E-state index is 12.1. The lowest BCUT2D eigenvalue weighted by Gasteiger charge is -2.06. The van der Waals surface area contributed by atoms with E-state index in [1.165, 1.54) is 23.8 Å². The summed E-state index contributed by atoms with van der Waals surface area (Å²) >= 11 is 11.7. The van der Waals surface area contributed by atoms with E-state index in [4.69, 9.17) is 23.2 Å². The average molecular weight is 375 g/mol. The van der Waals surface area contributed by atoms with Gasteiger partial charge in [-0.1, -0.05) is 53.5 Å². The topological polar surface area (TPSA) is 73.1 Å². The maximum Gasteiger partial charge on any atom is 0.261 e. The molecule has 0 aliphatic heterocycles. The first-order valence-electron chi connectivity index (χ1n) is 7.63. The van der Waals surface area contributed by atoms with E-state index in [2.05, 4.69) is 5.32 Å².